The standard InChI is InChI=1S/C26H29F4N5O5/c27-16-12-25(5-1-7-34(25)13-16)15-39-24-31-18-14-35(19-11-17(36)3-4-20(19)40-26(28,29)30)23(37)21(18)22(32-24)33-6-2-9-38-10-8-33/h3-4,11,16,36H,1-2,5-10,12-15H2/t16-,25+/m1/s1. The Morgan fingerprint density at radius 3 is 2.83 bits per heavy atom. The van der Waals surface area contributed by atoms with Crippen molar-refractivity contribution in [2.24, 2.45) is 0 Å². The number of anilines is 2. The maximum Gasteiger partial charge on any atom is 0.573 e. The highest BCUT2D eigenvalue weighted by molar-refractivity contribution is 6.13. The Labute approximate surface area is 227 Å². The zero-order chi connectivity index (χ0) is 28.1. The lowest BCUT2D eigenvalue weighted by atomic mass is 9.95. The van der Waals surface area contributed by atoms with Crippen LogP contribution in [0.3, 0.4) is 0 Å². The van der Waals surface area contributed by atoms with Crippen molar-refractivity contribution in [1.82, 2.24) is 14.9 Å². The third-order valence-electron chi connectivity index (χ3n) is 7.92. The number of amides is 1. The molecule has 3 fully saturated rings. The number of hydrogen-bond acceptors (Lipinski definition) is 9. The average Bonchev–Trinajstić information content (AvgIpc) is 3.43. The highest BCUT2D eigenvalue weighted by Crippen LogP contribution is 2.43. The third-order valence-corrected chi connectivity index (χ3v) is 7.92. The van der Waals surface area contributed by atoms with Crippen LogP contribution in [0.15, 0.2) is 18.2 Å². The minimum atomic E-state index is -5.01. The van der Waals surface area contributed by atoms with Gasteiger partial charge >= 0.3 is 12.4 Å². The van der Waals surface area contributed by atoms with Gasteiger partial charge in [-0.15, -0.1) is 13.2 Å². The predicted octanol–water partition coefficient (Wildman–Crippen LogP) is 3.42. The van der Waals surface area contributed by atoms with E-state index < -0.39 is 29.7 Å². The highest BCUT2D eigenvalue weighted by atomic mass is 19.4. The topological polar surface area (TPSA) is 100 Å². The second-order valence-corrected chi connectivity index (χ2v) is 10.6. The molecule has 2 aromatic rings. The molecule has 1 aromatic carbocycles. The zero-order valence-electron chi connectivity index (χ0n) is 21.6. The number of nitrogens with zero attached hydrogens (tertiary/aromatic N) is 5. The van der Waals surface area contributed by atoms with Gasteiger partial charge in [0.25, 0.3) is 5.91 Å². The first-order valence-electron chi connectivity index (χ1n) is 13.3. The molecular formula is C26H29F4N5O5. The van der Waals surface area contributed by atoms with Crippen LogP contribution in [0.25, 0.3) is 0 Å². The molecule has 4 aliphatic rings. The molecule has 3 saturated heterocycles. The lowest BCUT2D eigenvalue weighted by Gasteiger charge is -2.31. The molecule has 10 nitrogen and oxygen atoms in total. The highest BCUT2D eigenvalue weighted by Gasteiger charge is 2.49. The molecule has 14 heteroatoms. The van der Waals surface area contributed by atoms with Crippen molar-refractivity contribution < 1.29 is 41.7 Å². The van der Waals surface area contributed by atoms with Crippen LogP contribution in [-0.2, 0) is 11.3 Å². The first-order valence-corrected chi connectivity index (χ1v) is 13.3. The zero-order valence-corrected chi connectivity index (χ0v) is 21.6. The minimum absolute atomic E-state index is 0.0137. The first-order chi connectivity index (χ1) is 19.1. The van der Waals surface area contributed by atoms with E-state index in [1.54, 1.807) is 0 Å². The van der Waals surface area contributed by atoms with Gasteiger partial charge in [0.05, 0.1) is 30.1 Å². The molecule has 5 heterocycles. The number of ether oxygens (including phenoxy) is 3. The van der Waals surface area contributed by atoms with E-state index in [1.165, 1.54) is 0 Å². The molecule has 0 bridgehead atoms. The summed E-state index contributed by atoms with van der Waals surface area (Å²) in [4.78, 5) is 27.9. The number of aromatic hydroxyl groups is 1. The van der Waals surface area contributed by atoms with E-state index in [0.29, 0.717) is 51.5 Å². The van der Waals surface area contributed by atoms with Crippen LogP contribution in [0.4, 0.5) is 29.1 Å². The van der Waals surface area contributed by atoms with Crippen molar-refractivity contribution in [3.63, 3.8) is 0 Å². The fraction of sp³-hybridized carbons (Fsp3) is 0.577. The van der Waals surface area contributed by atoms with Crippen molar-refractivity contribution in [2.75, 3.05) is 55.8 Å². The smallest absolute Gasteiger partial charge is 0.508 e. The molecule has 0 saturated carbocycles. The molecule has 1 amide bonds. The first kappa shape index (κ1) is 26.8. The van der Waals surface area contributed by atoms with Crippen LogP contribution in [0, 0.1) is 0 Å². The largest absolute Gasteiger partial charge is 0.573 e. The Hall–Kier alpha value is -3.39. The van der Waals surface area contributed by atoms with E-state index in [2.05, 4.69) is 19.6 Å². The number of phenols is 1. The maximum absolute atomic E-state index is 14.3. The van der Waals surface area contributed by atoms with Crippen molar-refractivity contribution in [3.8, 4) is 17.5 Å². The van der Waals surface area contributed by atoms with Gasteiger partial charge in [-0.05, 0) is 37.9 Å². The Kier molecular flexibility index (Phi) is 6.85. The Bertz CT molecular complexity index is 1290. The summed E-state index contributed by atoms with van der Waals surface area (Å²) in [5, 5.41) is 10.0. The minimum Gasteiger partial charge on any atom is -0.508 e. The van der Waals surface area contributed by atoms with Gasteiger partial charge in [0, 0.05) is 38.7 Å². The van der Waals surface area contributed by atoms with Gasteiger partial charge in [-0.1, -0.05) is 0 Å². The van der Waals surface area contributed by atoms with Crippen LogP contribution in [0.5, 0.6) is 17.5 Å². The van der Waals surface area contributed by atoms with Gasteiger partial charge in [0.1, 0.15) is 29.9 Å². The molecule has 0 spiro atoms. The van der Waals surface area contributed by atoms with Gasteiger partial charge in [0.15, 0.2) is 5.75 Å². The lowest BCUT2D eigenvalue weighted by molar-refractivity contribution is -0.274. The number of halogens is 4. The fourth-order valence-electron chi connectivity index (χ4n) is 6.18. The summed E-state index contributed by atoms with van der Waals surface area (Å²) in [5.74, 6) is -1.30. The molecule has 0 aliphatic carbocycles. The molecule has 0 unspecified atom stereocenters. The predicted molar refractivity (Wildman–Crippen MR) is 134 cm³/mol. The van der Waals surface area contributed by atoms with Crippen LogP contribution in [-0.4, -0.2) is 90.0 Å². The van der Waals surface area contributed by atoms with Crippen LogP contribution >= 0.6 is 0 Å². The summed E-state index contributed by atoms with van der Waals surface area (Å²) in [6, 6.07) is 3.05. The van der Waals surface area contributed by atoms with E-state index in [9.17, 15) is 27.5 Å². The summed E-state index contributed by atoms with van der Waals surface area (Å²) < 4.78 is 69.4. The normalized spacial score (nSPS) is 25.2. The second kappa shape index (κ2) is 10.2. The van der Waals surface area contributed by atoms with E-state index >= 15 is 0 Å². The number of phenolic OH excluding ortho intramolecular Hbond substituents is 1. The van der Waals surface area contributed by atoms with Gasteiger partial charge in [-0.25, -0.2) is 4.39 Å². The number of carbonyl (C=O) groups excluding carboxylic acids is 1. The van der Waals surface area contributed by atoms with Crippen molar-refractivity contribution >= 4 is 17.4 Å². The van der Waals surface area contributed by atoms with E-state index in [4.69, 9.17) is 9.47 Å². The van der Waals surface area contributed by atoms with Gasteiger partial charge < -0.3 is 24.2 Å². The molecule has 0 radical (unpaired) electrons. The number of aromatic nitrogens is 2. The Morgan fingerprint density at radius 2 is 2.00 bits per heavy atom. The van der Waals surface area contributed by atoms with Gasteiger partial charge in [0.2, 0.25) is 0 Å². The van der Waals surface area contributed by atoms with Gasteiger partial charge in [-0.3, -0.25) is 14.6 Å². The van der Waals surface area contributed by atoms with Crippen LogP contribution < -0.4 is 19.3 Å². The van der Waals surface area contributed by atoms with E-state index in [0.717, 1.165) is 42.5 Å². The van der Waals surface area contributed by atoms with Crippen molar-refractivity contribution in [3.05, 3.63) is 29.5 Å². The monoisotopic (exact) mass is 567 g/mol. The van der Waals surface area contributed by atoms with Crippen molar-refractivity contribution in [2.45, 2.75) is 50.3 Å². The summed E-state index contributed by atoms with van der Waals surface area (Å²) in [5.41, 5.74) is -0.285. The number of alkyl halides is 4. The molecule has 1 aromatic heterocycles. The molecule has 40 heavy (non-hydrogen) atoms. The number of fused-ring (bicyclic) bond motifs is 2. The van der Waals surface area contributed by atoms with E-state index in [1.807, 2.05) is 4.90 Å². The quantitative estimate of drug-likeness (QED) is 0.527. The summed E-state index contributed by atoms with van der Waals surface area (Å²) in [7, 11) is 0. The maximum atomic E-state index is 14.3. The Balaban J connectivity index is 1.35. The third kappa shape index (κ3) is 5.09. The number of benzene rings is 1. The van der Waals surface area contributed by atoms with Gasteiger partial charge in [-0.2, -0.15) is 9.97 Å². The van der Waals surface area contributed by atoms with E-state index in [-0.39, 0.29) is 41.9 Å². The fourth-order valence-corrected chi connectivity index (χ4v) is 6.18. The Morgan fingerprint density at radius 1 is 1.15 bits per heavy atom. The summed E-state index contributed by atoms with van der Waals surface area (Å²) >= 11 is 0. The molecular weight excluding hydrogens is 538 g/mol. The molecule has 6 rings (SSSR count). The summed E-state index contributed by atoms with van der Waals surface area (Å²) in [6.45, 7) is 3.06. The number of carbonyl (C=O) groups is 1. The number of hydrogen-bond donors (Lipinski definition) is 1. The molecule has 1 N–H and O–H groups in total. The SMILES string of the molecule is O=C1c2c(nc(OC[C@@]34CCCN3C[C@H](F)C4)nc2N2CCCOCC2)CN1c1cc(O)ccc1OC(F)(F)F. The lowest BCUT2D eigenvalue weighted by Crippen LogP contribution is -2.43. The van der Waals surface area contributed by atoms with Crippen LogP contribution in [0.1, 0.15) is 41.7 Å². The number of rotatable bonds is 6. The second-order valence-electron chi connectivity index (χ2n) is 10.6. The van der Waals surface area contributed by atoms with Crippen LogP contribution in [0.2, 0.25) is 0 Å². The molecule has 216 valence electrons. The summed E-state index contributed by atoms with van der Waals surface area (Å²) in [6.07, 6.45) is -3.17. The van der Waals surface area contributed by atoms with Crippen molar-refractivity contribution in [1.29, 1.82) is 0 Å². The molecule has 4 aliphatic heterocycles. The molecule has 2 atom stereocenters. The average molecular weight is 568 g/mol.